The maximum absolute atomic E-state index is 11.0. The SMILES string of the molecule is CC(=O)NC1CC(C(=O)O)CN(C2CC2)C1. The Labute approximate surface area is 94.8 Å². The molecule has 1 heterocycles. The van der Waals surface area contributed by atoms with Crippen molar-refractivity contribution in [2.24, 2.45) is 5.92 Å². The number of hydrogen-bond donors (Lipinski definition) is 2. The van der Waals surface area contributed by atoms with Crippen molar-refractivity contribution >= 4 is 11.9 Å². The van der Waals surface area contributed by atoms with Gasteiger partial charge in [-0.1, -0.05) is 0 Å². The van der Waals surface area contributed by atoms with Crippen LogP contribution in [0.3, 0.4) is 0 Å². The van der Waals surface area contributed by atoms with E-state index in [-0.39, 0.29) is 17.9 Å². The van der Waals surface area contributed by atoms with Gasteiger partial charge in [-0.15, -0.1) is 0 Å². The number of rotatable bonds is 3. The number of amides is 1. The van der Waals surface area contributed by atoms with Gasteiger partial charge in [-0.2, -0.15) is 0 Å². The van der Waals surface area contributed by atoms with Crippen LogP contribution in [0.15, 0.2) is 0 Å². The maximum atomic E-state index is 11.0. The first-order chi connectivity index (χ1) is 7.56. The quantitative estimate of drug-likeness (QED) is 0.714. The lowest BCUT2D eigenvalue weighted by atomic mass is 9.94. The summed E-state index contributed by atoms with van der Waals surface area (Å²) in [7, 11) is 0. The number of aliphatic carboxylic acids is 1. The van der Waals surface area contributed by atoms with Crippen LogP contribution in [-0.4, -0.2) is 47.1 Å². The molecular formula is C11H18N2O3. The minimum Gasteiger partial charge on any atom is -0.481 e. The summed E-state index contributed by atoms with van der Waals surface area (Å²) in [6.45, 7) is 2.91. The van der Waals surface area contributed by atoms with E-state index < -0.39 is 5.97 Å². The molecule has 0 spiro atoms. The third kappa shape index (κ3) is 2.72. The summed E-state index contributed by atoms with van der Waals surface area (Å²) in [6, 6.07) is 0.548. The molecule has 0 radical (unpaired) electrons. The molecule has 2 rings (SSSR count). The predicted molar refractivity (Wildman–Crippen MR) is 57.9 cm³/mol. The van der Waals surface area contributed by atoms with Crippen LogP contribution in [-0.2, 0) is 9.59 Å². The van der Waals surface area contributed by atoms with E-state index in [2.05, 4.69) is 10.2 Å². The molecule has 1 saturated heterocycles. The number of piperidine rings is 1. The summed E-state index contributed by atoms with van der Waals surface area (Å²) in [5, 5.41) is 11.9. The van der Waals surface area contributed by atoms with E-state index in [4.69, 9.17) is 5.11 Å². The van der Waals surface area contributed by atoms with Crippen molar-refractivity contribution in [3.8, 4) is 0 Å². The third-order valence-electron chi connectivity index (χ3n) is 3.30. The second kappa shape index (κ2) is 4.41. The zero-order valence-corrected chi connectivity index (χ0v) is 9.48. The van der Waals surface area contributed by atoms with Gasteiger partial charge < -0.3 is 10.4 Å². The van der Waals surface area contributed by atoms with Crippen molar-refractivity contribution in [3.63, 3.8) is 0 Å². The van der Waals surface area contributed by atoms with Gasteiger partial charge in [0.05, 0.1) is 5.92 Å². The second-order valence-electron chi connectivity index (χ2n) is 4.85. The van der Waals surface area contributed by atoms with Crippen LogP contribution in [0.5, 0.6) is 0 Å². The molecule has 0 aromatic carbocycles. The highest BCUT2D eigenvalue weighted by molar-refractivity contribution is 5.74. The average molecular weight is 226 g/mol. The van der Waals surface area contributed by atoms with Gasteiger partial charge in [-0.25, -0.2) is 0 Å². The Hall–Kier alpha value is -1.10. The van der Waals surface area contributed by atoms with Crippen LogP contribution in [0.1, 0.15) is 26.2 Å². The number of nitrogens with zero attached hydrogens (tertiary/aromatic N) is 1. The van der Waals surface area contributed by atoms with Gasteiger partial charge in [0, 0.05) is 32.1 Å². The molecule has 90 valence electrons. The maximum Gasteiger partial charge on any atom is 0.307 e. The smallest absolute Gasteiger partial charge is 0.307 e. The molecule has 16 heavy (non-hydrogen) atoms. The van der Waals surface area contributed by atoms with Gasteiger partial charge in [-0.05, 0) is 19.3 Å². The molecule has 5 heteroatoms. The Morgan fingerprint density at radius 2 is 2.00 bits per heavy atom. The van der Waals surface area contributed by atoms with Crippen molar-refractivity contribution in [3.05, 3.63) is 0 Å². The van der Waals surface area contributed by atoms with E-state index in [1.165, 1.54) is 19.8 Å². The number of carbonyl (C=O) groups excluding carboxylic acids is 1. The number of carboxylic acid groups (broad SMARTS) is 1. The minimum atomic E-state index is -0.749. The van der Waals surface area contributed by atoms with Crippen molar-refractivity contribution in [1.82, 2.24) is 10.2 Å². The summed E-state index contributed by atoms with van der Waals surface area (Å²) in [6.07, 6.45) is 2.89. The fourth-order valence-corrected chi connectivity index (χ4v) is 2.44. The van der Waals surface area contributed by atoms with E-state index in [9.17, 15) is 9.59 Å². The Kier molecular flexibility index (Phi) is 3.14. The van der Waals surface area contributed by atoms with Crippen LogP contribution in [0.25, 0.3) is 0 Å². The molecule has 1 amide bonds. The van der Waals surface area contributed by atoms with Crippen molar-refractivity contribution < 1.29 is 14.7 Å². The van der Waals surface area contributed by atoms with Crippen molar-refractivity contribution in [2.75, 3.05) is 13.1 Å². The largest absolute Gasteiger partial charge is 0.481 e. The number of carboxylic acids is 1. The van der Waals surface area contributed by atoms with E-state index in [1.807, 2.05) is 0 Å². The first-order valence-electron chi connectivity index (χ1n) is 5.80. The zero-order valence-electron chi connectivity index (χ0n) is 9.48. The van der Waals surface area contributed by atoms with Crippen molar-refractivity contribution in [2.45, 2.75) is 38.3 Å². The van der Waals surface area contributed by atoms with Crippen LogP contribution >= 0.6 is 0 Å². The highest BCUT2D eigenvalue weighted by Crippen LogP contribution is 2.31. The lowest BCUT2D eigenvalue weighted by Crippen LogP contribution is -2.52. The monoisotopic (exact) mass is 226 g/mol. The van der Waals surface area contributed by atoms with Crippen molar-refractivity contribution in [1.29, 1.82) is 0 Å². The Morgan fingerprint density at radius 3 is 2.50 bits per heavy atom. The second-order valence-corrected chi connectivity index (χ2v) is 4.85. The molecular weight excluding hydrogens is 208 g/mol. The molecule has 2 unspecified atom stereocenters. The Balaban J connectivity index is 1.97. The lowest BCUT2D eigenvalue weighted by Gasteiger charge is -2.36. The summed E-state index contributed by atoms with van der Waals surface area (Å²) in [5.74, 6) is -1.17. The molecule has 2 aliphatic rings. The highest BCUT2D eigenvalue weighted by Gasteiger charge is 2.38. The van der Waals surface area contributed by atoms with E-state index in [0.29, 0.717) is 19.0 Å². The van der Waals surface area contributed by atoms with Crippen LogP contribution in [0.4, 0.5) is 0 Å². The Morgan fingerprint density at radius 1 is 1.31 bits per heavy atom. The van der Waals surface area contributed by atoms with Crippen LogP contribution < -0.4 is 5.32 Å². The molecule has 0 aromatic rings. The van der Waals surface area contributed by atoms with E-state index >= 15 is 0 Å². The number of carbonyl (C=O) groups is 2. The van der Waals surface area contributed by atoms with Gasteiger partial charge in [0.2, 0.25) is 5.91 Å². The topological polar surface area (TPSA) is 69.6 Å². The number of hydrogen-bond acceptors (Lipinski definition) is 3. The van der Waals surface area contributed by atoms with E-state index in [1.54, 1.807) is 0 Å². The van der Waals surface area contributed by atoms with Crippen LogP contribution in [0, 0.1) is 5.92 Å². The normalized spacial score (nSPS) is 31.1. The molecule has 0 bridgehead atoms. The van der Waals surface area contributed by atoms with Gasteiger partial charge >= 0.3 is 5.97 Å². The summed E-state index contributed by atoms with van der Waals surface area (Å²) >= 11 is 0. The Bertz CT molecular complexity index is 302. The highest BCUT2D eigenvalue weighted by atomic mass is 16.4. The fraction of sp³-hybridized carbons (Fsp3) is 0.818. The molecule has 0 aromatic heterocycles. The predicted octanol–water partition coefficient (Wildman–Crippen LogP) is 0.0600. The zero-order chi connectivity index (χ0) is 11.7. The first kappa shape index (κ1) is 11.4. The fourth-order valence-electron chi connectivity index (χ4n) is 2.44. The summed E-state index contributed by atoms with van der Waals surface area (Å²) in [5.41, 5.74) is 0. The first-order valence-corrected chi connectivity index (χ1v) is 5.80. The lowest BCUT2D eigenvalue weighted by molar-refractivity contribution is -0.144. The standard InChI is InChI=1S/C11H18N2O3/c1-7(14)12-9-4-8(11(15)16)5-13(6-9)10-2-3-10/h8-10H,2-6H2,1H3,(H,12,14)(H,15,16). The van der Waals surface area contributed by atoms with Gasteiger partial charge in [-0.3, -0.25) is 14.5 Å². The molecule has 2 atom stereocenters. The van der Waals surface area contributed by atoms with E-state index in [0.717, 1.165) is 6.54 Å². The van der Waals surface area contributed by atoms with Crippen LogP contribution in [0.2, 0.25) is 0 Å². The average Bonchev–Trinajstić information content (AvgIpc) is 2.98. The van der Waals surface area contributed by atoms with Gasteiger partial charge in [0.1, 0.15) is 0 Å². The summed E-state index contributed by atoms with van der Waals surface area (Å²) in [4.78, 5) is 24.2. The minimum absolute atomic E-state index is 0.00653. The molecule has 1 aliphatic heterocycles. The molecule has 5 nitrogen and oxygen atoms in total. The molecule has 1 aliphatic carbocycles. The number of likely N-dealkylation sites (tertiary alicyclic amines) is 1. The molecule has 2 N–H and O–H groups in total. The van der Waals surface area contributed by atoms with Gasteiger partial charge in [0.15, 0.2) is 0 Å². The number of nitrogens with one attached hydrogen (secondary N) is 1. The summed E-state index contributed by atoms with van der Waals surface area (Å²) < 4.78 is 0. The molecule has 1 saturated carbocycles. The van der Waals surface area contributed by atoms with Gasteiger partial charge in [0.25, 0.3) is 0 Å². The third-order valence-corrected chi connectivity index (χ3v) is 3.30. The molecule has 2 fully saturated rings.